The van der Waals surface area contributed by atoms with Crippen LogP contribution in [-0.2, 0) is 0 Å². The number of piperidine rings is 3. The fraction of sp³-hybridized carbons (Fsp3) is 0.500. The lowest BCUT2D eigenvalue weighted by Gasteiger charge is -2.45. The molecule has 0 radical (unpaired) electrons. The molecular formula is C16H20ClNO3. The number of hydrogen-bond acceptors (Lipinski definition) is 4. The van der Waals surface area contributed by atoms with Crippen LogP contribution in [-0.4, -0.2) is 43.4 Å². The average molecular weight is 310 g/mol. The number of ether oxygens (including phenoxy) is 2. The first-order valence-electron chi connectivity index (χ1n) is 7.20. The van der Waals surface area contributed by atoms with Crippen LogP contribution >= 0.6 is 11.6 Å². The van der Waals surface area contributed by atoms with Gasteiger partial charge in [-0.05, 0) is 42.5 Å². The van der Waals surface area contributed by atoms with E-state index in [4.69, 9.17) is 21.1 Å². The molecule has 1 atom stereocenters. The molecule has 2 bridgehead atoms. The van der Waals surface area contributed by atoms with Crippen molar-refractivity contribution in [3.63, 3.8) is 0 Å². The van der Waals surface area contributed by atoms with Crippen LogP contribution in [0.15, 0.2) is 17.8 Å². The van der Waals surface area contributed by atoms with Crippen LogP contribution < -0.4 is 9.47 Å². The van der Waals surface area contributed by atoms with Gasteiger partial charge < -0.3 is 19.5 Å². The van der Waals surface area contributed by atoms with Crippen LogP contribution in [0, 0.1) is 5.92 Å². The van der Waals surface area contributed by atoms with Crippen molar-refractivity contribution in [1.82, 2.24) is 4.90 Å². The molecule has 114 valence electrons. The lowest BCUT2D eigenvalue weighted by molar-refractivity contribution is 0.0215. The fourth-order valence-corrected chi connectivity index (χ4v) is 3.57. The molecule has 3 aliphatic heterocycles. The number of rotatable bonds is 3. The zero-order chi connectivity index (χ0) is 15.0. The van der Waals surface area contributed by atoms with Crippen molar-refractivity contribution in [2.75, 3.05) is 27.3 Å². The lowest BCUT2D eigenvalue weighted by Crippen LogP contribution is -2.48. The minimum Gasteiger partial charge on any atom is -0.493 e. The predicted molar refractivity (Wildman–Crippen MR) is 82.8 cm³/mol. The minimum absolute atomic E-state index is 0.376. The van der Waals surface area contributed by atoms with Crippen LogP contribution in [0.1, 0.15) is 18.4 Å². The summed E-state index contributed by atoms with van der Waals surface area (Å²) < 4.78 is 10.6. The summed E-state index contributed by atoms with van der Waals surface area (Å²) in [5.74, 6) is 1.52. The highest BCUT2D eigenvalue weighted by Crippen LogP contribution is 2.39. The number of methoxy groups -OCH3 is 2. The van der Waals surface area contributed by atoms with E-state index in [9.17, 15) is 5.11 Å². The summed E-state index contributed by atoms with van der Waals surface area (Å²) in [5, 5.41) is 10.9. The highest BCUT2D eigenvalue weighted by molar-refractivity contribution is 6.32. The van der Waals surface area contributed by atoms with Gasteiger partial charge in [-0.1, -0.05) is 11.6 Å². The highest BCUT2D eigenvalue weighted by atomic mass is 35.5. The van der Waals surface area contributed by atoms with Crippen molar-refractivity contribution >= 4 is 17.7 Å². The first-order chi connectivity index (χ1) is 10.1. The van der Waals surface area contributed by atoms with E-state index in [0.29, 0.717) is 22.4 Å². The Labute approximate surface area is 129 Å². The van der Waals surface area contributed by atoms with E-state index in [1.54, 1.807) is 14.2 Å². The van der Waals surface area contributed by atoms with Gasteiger partial charge in [0.15, 0.2) is 11.5 Å². The number of fused-ring (bicyclic) bond motifs is 3. The first kappa shape index (κ1) is 14.5. The SMILES string of the molecule is COc1cc(/C=C2/[C@H](O)C3CCN2CC3)cc(Cl)c1OC. The van der Waals surface area contributed by atoms with Crippen molar-refractivity contribution in [2.24, 2.45) is 5.92 Å². The summed E-state index contributed by atoms with van der Waals surface area (Å²) in [5.41, 5.74) is 1.90. The van der Waals surface area contributed by atoms with Crippen LogP contribution in [0.5, 0.6) is 11.5 Å². The topological polar surface area (TPSA) is 41.9 Å². The average Bonchev–Trinajstić information content (AvgIpc) is 2.50. The summed E-state index contributed by atoms with van der Waals surface area (Å²) in [7, 11) is 3.16. The molecule has 3 aliphatic rings. The summed E-state index contributed by atoms with van der Waals surface area (Å²) in [6, 6.07) is 3.72. The number of nitrogens with zero attached hydrogens (tertiary/aromatic N) is 1. The van der Waals surface area contributed by atoms with Gasteiger partial charge in [-0.15, -0.1) is 0 Å². The maximum Gasteiger partial charge on any atom is 0.179 e. The van der Waals surface area contributed by atoms with Gasteiger partial charge in [-0.2, -0.15) is 0 Å². The van der Waals surface area contributed by atoms with E-state index in [-0.39, 0.29) is 6.10 Å². The molecule has 1 N–H and O–H groups in total. The standard InChI is InChI=1S/C16H20ClNO3/c1-20-14-9-10(7-12(17)16(14)21-2)8-13-15(19)11-3-5-18(13)6-4-11/h7-9,11,15,19H,3-6H2,1-2H3/b13-8-/t15-/m1/s1. The Balaban J connectivity index is 1.97. The van der Waals surface area contributed by atoms with Crippen molar-refractivity contribution in [3.05, 3.63) is 28.4 Å². The molecule has 0 unspecified atom stereocenters. The van der Waals surface area contributed by atoms with Crippen molar-refractivity contribution in [3.8, 4) is 11.5 Å². The molecule has 0 amide bonds. The van der Waals surface area contributed by atoms with Crippen LogP contribution in [0.25, 0.3) is 6.08 Å². The van der Waals surface area contributed by atoms with E-state index >= 15 is 0 Å². The maximum atomic E-state index is 10.4. The van der Waals surface area contributed by atoms with Crippen molar-refractivity contribution in [1.29, 1.82) is 0 Å². The summed E-state index contributed by atoms with van der Waals surface area (Å²) in [4.78, 5) is 2.26. The van der Waals surface area contributed by atoms with Crippen molar-refractivity contribution < 1.29 is 14.6 Å². The molecule has 0 spiro atoms. The second-order valence-corrected chi connectivity index (χ2v) is 5.98. The maximum absolute atomic E-state index is 10.4. The van der Waals surface area contributed by atoms with E-state index in [1.165, 1.54) is 0 Å². The van der Waals surface area contributed by atoms with Gasteiger partial charge in [0.05, 0.1) is 25.3 Å². The van der Waals surface area contributed by atoms with E-state index < -0.39 is 0 Å². The molecule has 21 heavy (non-hydrogen) atoms. The largest absolute Gasteiger partial charge is 0.493 e. The molecule has 4 nitrogen and oxygen atoms in total. The smallest absolute Gasteiger partial charge is 0.179 e. The van der Waals surface area contributed by atoms with Gasteiger partial charge in [-0.3, -0.25) is 0 Å². The fourth-order valence-electron chi connectivity index (χ4n) is 3.27. The Morgan fingerprint density at radius 1 is 1.24 bits per heavy atom. The number of aliphatic hydroxyl groups excluding tert-OH is 1. The quantitative estimate of drug-likeness (QED) is 0.932. The molecule has 0 saturated carbocycles. The Hall–Kier alpha value is -1.39. The van der Waals surface area contributed by atoms with E-state index in [1.807, 2.05) is 18.2 Å². The molecule has 0 aliphatic carbocycles. The molecule has 1 aromatic rings. The van der Waals surface area contributed by atoms with Gasteiger partial charge in [-0.25, -0.2) is 0 Å². The molecule has 1 aromatic carbocycles. The molecule has 0 aromatic heterocycles. The van der Waals surface area contributed by atoms with Gasteiger partial charge in [0, 0.05) is 18.8 Å². The second-order valence-electron chi connectivity index (χ2n) is 5.58. The molecule has 3 fully saturated rings. The van der Waals surface area contributed by atoms with Gasteiger partial charge in [0.2, 0.25) is 0 Å². The number of aliphatic hydroxyl groups is 1. The van der Waals surface area contributed by atoms with Gasteiger partial charge >= 0.3 is 0 Å². The Morgan fingerprint density at radius 3 is 2.52 bits per heavy atom. The number of hydrogen-bond donors (Lipinski definition) is 1. The monoisotopic (exact) mass is 309 g/mol. The zero-order valence-electron chi connectivity index (χ0n) is 12.3. The van der Waals surface area contributed by atoms with Crippen LogP contribution in [0.4, 0.5) is 0 Å². The lowest BCUT2D eigenvalue weighted by atomic mass is 9.83. The Kier molecular flexibility index (Phi) is 4.00. The normalized spacial score (nSPS) is 26.3. The molecule has 5 heteroatoms. The third kappa shape index (κ3) is 2.58. The van der Waals surface area contributed by atoms with Gasteiger partial charge in [0.1, 0.15) is 0 Å². The third-order valence-corrected chi connectivity index (χ3v) is 4.71. The van der Waals surface area contributed by atoms with E-state index in [0.717, 1.165) is 37.2 Å². The van der Waals surface area contributed by atoms with Crippen LogP contribution in [0.3, 0.4) is 0 Å². The molecule has 3 heterocycles. The third-order valence-electron chi connectivity index (χ3n) is 4.42. The Morgan fingerprint density at radius 2 is 1.95 bits per heavy atom. The summed E-state index contributed by atoms with van der Waals surface area (Å²) in [6.45, 7) is 2.04. The zero-order valence-corrected chi connectivity index (χ0v) is 13.1. The first-order valence-corrected chi connectivity index (χ1v) is 7.58. The second kappa shape index (κ2) is 5.78. The van der Waals surface area contributed by atoms with Crippen molar-refractivity contribution in [2.45, 2.75) is 18.9 Å². The summed E-state index contributed by atoms with van der Waals surface area (Å²) in [6.07, 6.45) is 3.78. The molecular weight excluding hydrogens is 290 g/mol. The number of halogens is 1. The number of benzene rings is 1. The minimum atomic E-state index is -0.376. The summed E-state index contributed by atoms with van der Waals surface area (Å²) >= 11 is 6.24. The molecule has 3 saturated heterocycles. The van der Waals surface area contributed by atoms with Crippen LogP contribution in [0.2, 0.25) is 5.02 Å². The predicted octanol–water partition coefficient (Wildman–Crippen LogP) is 2.78. The van der Waals surface area contributed by atoms with Gasteiger partial charge in [0.25, 0.3) is 0 Å². The highest BCUT2D eigenvalue weighted by Gasteiger charge is 2.36. The molecule has 4 rings (SSSR count). The Bertz CT molecular complexity index is 561. The van der Waals surface area contributed by atoms with E-state index in [2.05, 4.69) is 4.90 Å².